The molecule has 0 aliphatic carbocycles. The number of nitrogens with one attached hydrogen (secondary N) is 1. The van der Waals surface area contributed by atoms with Gasteiger partial charge in [0.05, 0.1) is 0 Å². The molecule has 0 amide bonds. The van der Waals surface area contributed by atoms with Gasteiger partial charge in [0, 0.05) is 19.2 Å². The maximum absolute atomic E-state index is 5.74. The summed E-state index contributed by atoms with van der Waals surface area (Å²) in [7, 11) is 0. The van der Waals surface area contributed by atoms with Crippen molar-refractivity contribution in [3.8, 4) is 5.75 Å². The summed E-state index contributed by atoms with van der Waals surface area (Å²) in [6.07, 6.45) is 0.165. The van der Waals surface area contributed by atoms with Gasteiger partial charge in [-0.25, -0.2) is 0 Å². The summed E-state index contributed by atoms with van der Waals surface area (Å²) in [6, 6.07) is 1.56. The molecule has 70 valence electrons. The highest BCUT2D eigenvalue weighted by atomic mass is 35.5. The van der Waals surface area contributed by atoms with Crippen LogP contribution in [0, 0.1) is 0 Å². The average Bonchev–Trinajstić information content (AvgIpc) is 2.03. The van der Waals surface area contributed by atoms with Crippen molar-refractivity contribution in [3.05, 3.63) is 16.4 Å². The summed E-state index contributed by atoms with van der Waals surface area (Å²) >= 11 is 11.4. The molecule has 13 heavy (non-hydrogen) atoms. The molecule has 0 bridgehead atoms. The van der Waals surface area contributed by atoms with Crippen molar-refractivity contribution in [3.63, 3.8) is 0 Å². The van der Waals surface area contributed by atoms with Crippen molar-refractivity contribution >= 4 is 23.2 Å². The fourth-order valence-electron chi connectivity index (χ4n) is 0.945. The van der Waals surface area contributed by atoms with Crippen LogP contribution >= 0.6 is 23.2 Å². The summed E-state index contributed by atoms with van der Waals surface area (Å²) < 4.78 is 5.48. The minimum absolute atomic E-state index is 0.165. The Morgan fingerprint density at radius 2 is 2.15 bits per heavy atom. The summed E-state index contributed by atoms with van der Waals surface area (Å²) in [4.78, 5) is 0. The molecule has 0 atom stereocenters. The molecule has 1 fully saturated rings. The lowest BCUT2D eigenvalue weighted by Crippen LogP contribution is -2.50. The quantitative estimate of drug-likeness (QED) is 0.811. The third-order valence-corrected chi connectivity index (χ3v) is 2.17. The van der Waals surface area contributed by atoms with Crippen LogP contribution in [-0.4, -0.2) is 29.4 Å². The Bertz CT molecular complexity index is 317. The van der Waals surface area contributed by atoms with Crippen molar-refractivity contribution in [1.82, 2.24) is 15.5 Å². The smallest absolute Gasteiger partial charge is 0.193 e. The molecule has 0 spiro atoms. The SMILES string of the molecule is Clc1cc(OC2CNC2)c(Cl)nn1. The molecule has 0 radical (unpaired) electrons. The van der Waals surface area contributed by atoms with Gasteiger partial charge in [-0.05, 0) is 0 Å². The number of aromatic nitrogens is 2. The van der Waals surface area contributed by atoms with E-state index in [9.17, 15) is 0 Å². The highest BCUT2D eigenvalue weighted by molar-refractivity contribution is 6.32. The van der Waals surface area contributed by atoms with Crippen molar-refractivity contribution in [1.29, 1.82) is 0 Å². The molecule has 1 aromatic heterocycles. The van der Waals surface area contributed by atoms with Gasteiger partial charge in [0.2, 0.25) is 0 Å². The third-order valence-electron chi connectivity index (χ3n) is 1.72. The standard InChI is InChI=1S/C7H7Cl2N3O/c8-6-1-5(7(9)12-11-6)13-4-2-10-3-4/h1,4,10H,2-3H2. The molecule has 4 nitrogen and oxygen atoms in total. The van der Waals surface area contributed by atoms with Gasteiger partial charge in [0.15, 0.2) is 16.1 Å². The van der Waals surface area contributed by atoms with E-state index < -0.39 is 0 Å². The van der Waals surface area contributed by atoms with E-state index in [2.05, 4.69) is 15.5 Å². The van der Waals surface area contributed by atoms with E-state index in [1.54, 1.807) is 6.07 Å². The number of halogens is 2. The zero-order chi connectivity index (χ0) is 9.26. The first-order valence-corrected chi connectivity index (χ1v) is 4.57. The Morgan fingerprint density at radius 3 is 2.77 bits per heavy atom. The van der Waals surface area contributed by atoms with Crippen LogP contribution in [0.4, 0.5) is 0 Å². The zero-order valence-electron chi connectivity index (χ0n) is 6.63. The normalized spacial score (nSPS) is 16.8. The topological polar surface area (TPSA) is 47.0 Å². The fraction of sp³-hybridized carbons (Fsp3) is 0.429. The van der Waals surface area contributed by atoms with Gasteiger partial charge in [-0.2, -0.15) is 0 Å². The van der Waals surface area contributed by atoms with Crippen LogP contribution in [0.15, 0.2) is 6.07 Å². The molecule has 1 aliphatic heterocycles. The van der Waals surface area contributed by atoms with E-state index in [0.29, 0.717) is 5.75 Å². The lowest BCUT2D eigenvalue weighted by molar-refractivity contribution is 0.141. The van der Waals surface area contributed by atoms with Crippen molar-refractivity contribution in [2.75, 3.05) is 13.1 Å². The Balaban J connectivity index is 2.13. The molecule has 0 unspecified atom stereocenters. The average molecular weight is 220 g/mol. The number of ether oxygens (including phenoxy) is 1. The van der Waals surface area contributed by atoms with Crippen LogP contribution in [0.5, 0.6) is 5.75 Å². The summed E-state index contributed by atoms with van der Waals surface area (Å²) in [5.74, 6) is 0.494. The molecule has 2 rings (SSSR count). The second kappa shape index (κ2) is 3.65. The predicted octanol–water partition coefficient (Wildman–Crippen LogP) is 1.13. The number of rotatable bonds is 2. The van der Waals surface area contributed by atoms with Gasteiger partial charge < -0.3 is 10.1 Å². The van der Waals surface area contributed by atoms with Gasteiger partial charge in [-0.1, -0.05) is 23.2 Å². The molecule has 0 aromatic carbocycles. The fourth-order valence-corrected chi connectivity index (χ4v) is 1.22. The van der Waals surface area contributed by atoms with E-state index in [0.717, 1.165) is 13.1 Å². The molecule has 0 saturated carbocycles. The minimum atomic E-state index is 0.165. The molecule has 1 aromatic rings. The highest BCUT2D eigenvalue weighted by Gasteiger charge is 2.20. The van der Waals surface area contributed by atoms with Crippen molar-refractivity contribution in [2.24, 2.45) is 0 Å². The minimum Gasteiger partial charge on any atom is -0.484 e. The molecule has 1 N–H and O–H groups in total. The van der Waals surface area contributed by atoms with Crippen LogP contribution in [0.25, 0.3) is 0 Å². The number of hydrogen-bond donors (Lipinski definition) is 1. The number of hydrogen-bond acceptors (Lipinski definition) is 4. The summed E-state index contributed by atoms with van der Waals surface area (Å²) in [5, 5.41) is 10.8. The first-order chi connectivity index (χ1) is 6.25. The Hall–Kier alpha value is -0.580. The Labute approximate surface area is 85.2 Å². The number of nitrogens with zero attached hydrogens (tertiary/aromatic N) is 2. The second-order valence-corrected chi connectivity index (χ2v) is 3.47. The van der Waals surface area contributed by atoms with Crippen molar-refractivity contribution in [2.45, 2.75) is 6.10 Å². The van der Waals surface area contributed by atoms with Crippen LogP contribution in [0.1, 0.15) is 0 Å². The van der Waals surface area contributed by atoms with Gasteiger partial charge in [0.1, 0.15) is 6.10 Å². The van der Waals surface area contributed by atoms with Crippen LogP contribution in [0.2, 0.25) is 10.3 Å². The van der Waals surface area contributed by atoms with E-state index in [4.69, 9.17) is 27.9 Å². The molecular formula is C7H7Cl2N3O. The molecule has 1 aliphatic rings. The van der Waals surface area contributed by atoms with E-state index in [1.807, 2.05) is 0 Å². The monoisotopic (exact) mass is 219 g/mol. The van der Waals surface area contributed by atoms with Gasteiger partial charge in [0.25, 0.3) is 0 Å². The van der Waals surface area contributed by atoms with Gasteiger partial charge in [-0.3, -0.25) is 0 Å². The highest BCUT2D eigenvalue weighted by Crippen LogP contribution is 2.24. The van der Waals surface area contributed by atoms with E-state index >= 15 is 0 Å². The van der Waals surface area contributed by atoms with Crippen LogP contribution < -0.4 is 10.1 Å². The van der Waals surface area contributed by atoms with Gasteiger partial charge >= 0.3 is 0 Å². The second-order valence-electron chi connectivity index (χ2n) is 2.72. The maximum atomic E-state index is 5.74. The van der Waals surface area contributed by atoms with E-state index in [1.165, 1.54) is 0 Å². The lowest BCUT2D eigenvalue weighted by atomic mass is 10.2. The molecule has 6 heteroatoms. The van der Waals surface area contributed by atoms with Crippen molar-refractivity contribution < 1.29 is 4.74 Å². The first-order valence-electron chi connectivity index (χ1n) is 3.82. The van der Waals surface area contributed by atoms with Gasteiger partial charge in [-0.15, -0.1) is 10.2 Å². The Kier molecular flexibility index (Phi) is 2.53. The van der Waals surface area contributed by atoms with Crippen LogP contribution in [-0.2, 0) is 0 Å². The molecule has 2 heterocycles. The zero-order valence-corrected chi connectivity index (χ0v) is 8.14. The van der Waals surface area contributed by atoms with Crippen LogP contribution in [0.3, 0.4) is 0 Å². The molecule has 1 saturated heterocycles. The predicted molar refractivity (Wildman–Crippen MR) is 49.3 cm³/mol. The first kappa shape index (κ1) is 8.99. The Morgan fingerprint density at radius 1 is 1.38 bits per heavy atom. The summed E-state index contributed by atoms with van der Waals surface area (Å²) in [6.45, 7) is 1.66. The van der Waals surface area contributed by atoms with E-state index in [-0.39, 0.29) is 16.4 Å². The molecular weight excluding hydrogens is 213 g/mol. The summed E-state index contributed by atoms with van der Waals surface area (Å²) in [5.41, 5.74) is 0. The largest absolute Gasteiger partial charge is 0.484 e. The lowest BCUT2D eigenvalue weighted by Gasteiger charge is -2.27. The maximum Gasteiger partial charge on any atom is 0.193 e. The third kappa shape index (κ3) is 2.02.